The van der Waals surface area contributed by atoms with Crippen LogP contribution in [0.4, 0.5) is 11.4 Å². The van der Waals surface area contributed by atoms with Gasteiger partial charge in [0.2, 0.25) is 0 Å². The van der Waals surface area contributed by atoms with Crippen molar-refractivity contribution in [3.05, 3.63) is 82.4 Å². The van der Waals surface area contributed by atoms with Gasteiger partial charge < -0.3 is 10.1 Å². The third-order valence-electron chi connectivity index (χ3n) is 4.81. The van der Waals surface area contributed by atoms with E-state index in [0.29, 0.717) is 28.4 Å². The predicted molar refractivity (Wildman–Crippen MR) is 117 cm³/mol. The van der Waals surface area contributed by atoms with Crippen LogP contribution >= 0.6 is 11.6 Å². The second-order valence-electron chi connectivity index (χ2n) is 6.94. The predicted octanol–water partition coefficient (Wildman–Crippen LogP) is 4.64. The van der Waals surface area contributed by atoms with Crippen LogP contribution in [0.1, 0.15) is 21.5 Å². The zero-order valence-corrected chi connectivity index (χ0v) is 17.7. The molecule has 0 radical (unpaired) electrons. The Morgan fingerprint density at radius 3 is 2.67 bits per heavy atom. The van der Waals surface area contributed by atoms with Crippen LogP contribution < -0.4 is 14.8 Å². The quantitative estimate of drug-likeness (QED) is 0.603. The highest BCUT2D eigenvalue weighted by Crippen LogP contribution is 2.28. The fourth-order valence-electron chi connectivity index (χ4n) is 3.24. The first-order valence-electron chi connectivity index (χ1n) is 9.28. The summed E-state index contributed by atoms with van der Waals surface area (Å²) in [5, 5.41) is 3.06. The molecular formula is C22H19ClN2O4S. The van der Waals surface area contributed by atoms with E-state index in [9.17, 15) is 13.2 Å². The fourth-order valence-corrected chi connectivity index (χ4v) is 4.83. The van der Waals surface area contributed by atoms with Crippen LogP contribution in [-0.2, 0) is 16.4 Å². The van der Waals surface area contributed by atoms with Gasteiger partial charge in [0, 0.05) is 17.7 Å². The second-order valence-corrected chi connectivity index (χ2v) is 9.00. The maximum absolute atomic E-state index is 12.9. The van der Waals surface area contributed by atoms with Gasteiger partial charge in [-0.2, -0.15) is 0 Å². The Morgan fingerprint density at radius 1 is 1.07 bits per heavy atom. The smallest absolute Gasteiger partial charge is 0.262 e. The molecule has 0 bridgehead atoms. The van der Waals surface area contributed by atoms with Gasteiger partial charge in [0.25, 0.3) is 15.9 Å². The molecule has 154 valence electrons. The minimum atomic E-state index is -3.90. The molecule has 4 rings (SSSR count). The molecule has 1 amide bonds. The molecular weight excluding hydrogens is 424 g/mol. The highest BCUT2D eigenvalue weighted by Gasteiger charge is 2.20. The first-order chi connectivity index (χ1) is 14.3. The number of fused-ring (bicyclic) bond motifs is 1. The SMILES string of the molecule is Cc1ccc(NC(=O)c2ccc3c(c2)CCO3)cc1S(=O)(=O)Nc1ccccc1Cl. The topological polar surface area (TPSA) is 84.5 Å². The lowest BCUT2D eigenvalue weighted by molar-refractivity contribution is 0.102. The summed E-state index contributed by atoms with van der Waals surface area (Å²) >= 11 is 6.07. The summed E-state index contributed by atoms with van der Waals surface area (Å²) in [7, 11) is -3.90. The molecule has 0 aromatic heterocycles. The van der Waals surface area contributed by atoms with Gasteiger partial charge in [-0.05, 0) is 60.5 Å². The Labute approximate surface area is 179 Å². The Hall–Kier alpha value is -3.03. The molecule has 0 spiro atoms. The van der Waals surface area contributed by atoms with Crippen molar-refractivity contribution in [2.45, 2.75) is 18.2 Å². The van der Waals surface area contributed by atoms with Crippen LogP contribution in [0.3, 0.4) is 0 Å². The molecule has 0 fully saturated rings. The first-order valence-corrected chi connectivity index (χ1v) is 11.1. The normalized spacial score (nSPS) is 12.7. The molecule has 1 heterocycles. The number of carbonyl (C=O) groups is 1. The summed E-state index contributed by atoms with van der Waals surface area (Å²) in [6, 6.07) is 16.6. The highest BCUT2D eigenvalue weighted by atomic mass is 35.5. The monoisotopic (exact) mass is 442 g/mol. The molecule has 2 N–H and O–H groups in total. The van der Waals surface area contributed by atoms with Gasteiger partial charge in [-0.15, -0.1) is 0 Å². The van der Waals surface area contributed by atoms with E-state index in [4.69, 9.17) is 16.3 Å². The first kappa shape index (κ1) is 20.3. The molecule has 3 aromatic rings. The molecule has 0 saturated heterocycles. The van der Waals surface area contributed by atoms with Crippen molar-refractivity contribution in [1.82, 2.24) is 0 Å². The number of amides is 1. The number of carbonyl (C=O) groups excluding carboxylic acids is 1. The summed E-state index contributed by atoms with van der Waals surface area (Å²) in [6.07, 6.45) is 0.761. The number of anilines is 2. The summed E-state index contributed by atoms with van der Waals surface area (Å²) in [4.78, 5) is 12.7. The van der Waals surface area contributed by atoms with E-state index >= 15 is 0 Å². The molecule has 3 aromatic carbocycles. The third-order valence-corrected chi connectivity index (χ3v) is 6.64. The molecule has 0 atom stereocenters. The molecule has 8 heteroatoms. The molecule has 1 aliphatic rings. The van der Waals surface area contributed by atoms with E-state index in [1.807, 2.05) is 0 Å². The highest BCUT2D eigenvalue weighted by molar-refractivity contribution is 7.92. The number of hydrogen-bond donors (Lipinski definition) is 2. The number of aryl methyl sites for hydroxylation is 1. The number of ether oxygens (including phenoxy) is 1. The fraction of sp³-hybridized carbons (Fsp3) is 0.136. The van der Waals surface area contributed by atoms with E-state index < -0.39 is 10.0 Å². The lowest BCUT2D eigenvalue weighted by Gasteiger charge is -2.13. The van der Waals surface area contributed by atoms with Gasteiger partial charge in [-0.3, -0.25) is 9.52 Å². The van der Waals surface area contributed by atoms with Crippen molar-refractivity contribution < 1.29 is 17.9 Å². The Morgan fingerprint density at radius 2 is 1.87 bits per heavy atom. The Bertz CT molecular complexity index is 1240. The number of rotatable bonds is 5. The largest absolute Gasteiger partial charge is 0.493 e. The van der Waals surface area contributed by atoms with Crippen molar-refractivity contribution in [3.63, 3.8) is 0 Å². The van der Waals surface area contributed by atoms with Crippen LogP contribution in [0.15, 0.2) is 65.6 Å². The average Bonchev–Trinajstić information content (AvgIpc) is 3.19. The minimum Gasteiger partial charge on any atom is -0.493 e. The van der Waals surface area contributed by atoms with E-state index in [1.54, 1.807) is 61.5 Å². The Kier molecular flexibility index (Phi) is 5.40. The van der Waals surface area contributed by atoms with E-state index in [-0.39, 0.29) is 16.5 Å². The van der Waals surface area contributed by atoms with Crippen LogP contribution in [0.5, 0.6) is 5.75 Å². The average molecular weight is 443 g/mol. The van der Waals surface area contributed by atoms with Crippen LogP contribution in [0, 0.1) is 6.92 Å². The number of sulfonamides is 1. The molecule has 0 saturated carbocycles. The van der Waals surface area contributed by atoms with Gasteiger partial charge >= 0.3 is 0 Å². The van der Waals surface area contributed by atoms with Crippen molar-refractivity contribution in [3.8, 4) is 5.75 Å². The molecule has 1 aliphatic heterocycles. The number of halogens is 1. The van der Waals surface area contributed by atoms with Crippen molar-refractivity contribution in [2.75, 3.05) is 16.6 Å². The minimum absolute atomic E-state index is 0.0579. The van der Waals surface area contributed by atoms with Crippen molar-refractivity contribution in [2.24, 2.45) is 0 Å². The number of nitrogens with one attached hydrogen (secondary N) is 2. The molecule has 6 nitrogen and oxygen atoms in total. The zero-order chi connectivity index (χ0) is 21.3. The zero-order valence-electron chi connectivity index (χ0n) is 16.1. The number of para-hydroxylation sites is 1. The summed E-state index contributed by atoms with van der Waals surface area (Å²) in [5.74, 6) is 0.469. The lowest BCUT2D eigenvalue weighted by Crippen LogP contribution is -2.16. The van der Waals surface area contributed by atoms with Crippen molar-refractivity contribution in [1.29, 1.82) is 0 Å². The van der Waals surface area contributed by atoms with Crippen LogP contribution in [0.2, 0.25) is 5.02 Å². The van der Waals surface area contributed by atoms with Gasteiger partial charge in [0.1, 0.15) is 5.75 Å². The number of benzene rings is 3. The van der Waals surface area contributed by atoms with E-state index in [0.717, 1.165) is 17.7 Å². The van der Waals surface area contributed by atoms with Crippen LogP contribution in [0.25, 0.3) is 0 Å². The molecule has 0 aliphatic carbocycles. The van der Waals surface area contributed by atoms with Crippen LogP contribution in [-0.4, -0.2) is 20.9 Å². The Balaban J connectivity index is 1.58. The summed E-state index contributed by atoms with van der Waals surface area (Å²) in [5.41, 5.74) is 2.68. The maximum Gasteiger partial charge on any atom is 0.262 e. The van der Waals surface area contributed by atoms with Gasteiger partial charge in [-0.1, -0.05) is 29.8 Å². The third kappa shape index (κ3) is 4.13. The summed E-state index contributed by atoms with van der Waals surface area (Å²) in [6.45, 7) is 2.30. The summed E-state index contributed by atoms with van der Waals surface area (Å²) < 4.78 is 33.8. The number of hydrogen-bond acceptors (Lipinski definition) is 4. The molecule has 30 heavy (non-hydrogen) atoms. The lowest BCUT2D eigenvalue weighted by atomic mass is 10.1. The van der Waals surface area contributed by atoms with Gasteiger partial charge in [-0.25, -0.2) is 8.42 Å². The van der Waals surface area contributed by atoms with Crippen molar-refractivity contribution >= 4 is 38.9 Å². The van der Waals surface area contributed by atoms with E-state index in [1.165, 1.54) is 6.07 Å². The van der Waals surface area contributed by atoms with Gasteiger partial charge in [0.15, 0.2) is 0 Å². The standard InChI is InChI=1S/C22H19ClN2O4S/c1-14-6-8-17(24-22(26)16-7-9-20-15(12-16)10-11-29-20)13-21(14)30(27,28)25-19-5-3-2-4-18(19)23/h2-9,12-13,25H,10-11H2,1H3,(H,24,26). The molecule has 0 unspecified atom stereocenters. The van der Waals surface area contributed by atoms with E-state index in [2.05, 4.69) is 10.0 Å². The second kappa shape index (κ2) is 8.01. The maximum atomic E-state index is 12.9. The van der Waals surface area contributed by atoms with Gasteiger partial charge in [0.05, 0.1) is 22.2 Å².